The number of rotatable bonds is 9. The average Bonchev–Trinajstić information content (AvgIpc) is 3.12. The summed E-state index contributed by atoms with van der Waals surface area (Å²) in [6.45, 7) is 8.55. The van der Waals surface area contributed by atoms with Crippen molar-refractivity contribution < 1.29 is 14.2 Å². The van der Waals surface area contributed by atoms with E-state index in [9.17, 15) is 0 Å². The lowest BCUT2D eigenvalue weighted by Crippen LogP contribution is -2.40. The molecular formula is C19H32IN3O3. The molecule has 7 heteroatoms. The number of hydrogen-bond acceptors (Lipinski definition) is 4. The van der Waals surface area contributed by atoms with E-state index >= 15 is 0 Å². The topological polar surface area (TPSA) is 64.1 Å². The number of nitrogens with one attached hydrogen (secondary N) is 2. The zero-order valence-electron chi connectivity index (χ0n) is 16.0. The van der Waals surface area contributed by atoms with Crippen molar-refractivity contribution in [1.82, 2.24) is 10.6 Å². The number of aryl methyl sites for hydroxylation is 2. The van der Waals surface area contributed by atoms with Gasteiger partial charge in [-0.15, -0.1) is 24.0 Å². The molecule has 0 radical (unpaired) electrons. The molecule has 1 fully saturated rings. The molecule has 0 aliphatic carbocycles. The SMILES string of the molecule is CN=C(NCCCOC1CCOC1)NCCOc1c(C)cccc1C.I. The molecule has 0 spiro atoms. The second-order valence-electron chi connectivity index (χ2n) is 6.21. The third kappa shape index (κ3) is 8.09. The summed E-state index contributed by atoms with van der Waals surface area (Å²) in [5.41, 5.74) is 2.32. The van der Waals surface area contributed by atoms with Gasteiger partial charge in [0.2, 0.25) is 0 Å². The molecule has 1 heterocycles. The van der Waals surface area contributed by atoms with Crippen LogP contribution in [0.25, 0.3) is 0 Å². The number of para-hydroxylation sites is 1. The molecule has 148 valence electrons. The second kappa shape index (κ2) is 13.2. The standard InChI is InChI=1S/C19H31N3O3.HI/c1-15-6-4-7-16(2)18(15)25-13-10-22-19(20-3)21-9-5-11-24-17-8-12-23-14-17;/h4,6-7,17H,5,8-14H2,1-3H3,(H2,20,21,22);1H. The molecule has 1 atom stereocenters. The Morgan fingerprint density at radius 2 is 1.92 bits per heavy atom. The summed E-state index contributed by atoms with van der Waals surface area (Å²) in [4.78, 5) is 4.22. The van der Waals surface area contributed by atoms with Crippen molar-refractivity contribution >= 4 is 29.9 Å². The molecule has 1 saturated heterocycles. The predicted molar refractivity (Wildman–Crippen MR) is 116 cm³/mol. The summed E-state index contributed by atoms with van der Waals surface area (Å²) in [6, 6.07) is 6.18. The Kier molecular flexibility index (Phi) is 11.6. The molecule has 0 amide bonds. The van der Waals surface area contributed by atoms with Crippen LogP contribution in [0.15, 0.2) is 23.2 Å². The Bertz CT molecular complexity index is 529. The van der Waals surface area contributed by atoms with Gasteiger partial charge in [0, 0.05) is 26.8 Å². The van der Waals surface area contributed by atoms with Gasteiger partial charge in [-0.2, -0.15) is 0 Å². The fourth-order valence-corrected chi connectivity index (χ4v) is 2.74. The second-order valence-corrected chi connectivity index (χ2v) is 6.21. The molecule has 1 aromatic rings. The maximum absolute atomic E-state index is 5.89. The number of hydrogen-bond donors (Lipinski definition) is 2. The highest BCUT2D eigenvalue weighted by molar-refractivity contribution is 14.0. The molecule has 0 saturated carbocycles. The van der Waals surface area contributed by atoms with E-state index in [0.29, 0.717) is 13.2 Å². The number of halogens is 1. The largest absolute Gasteiger partial charge is 0.491 e. The number of aliphatic imine (C=N–C) groups is 1. The molecule has 26 heavy (non-hydrogen) atoms. The summed E-state index contributed by atoms with van der Waals surface area (Å²) < 4.78 is 16.9. The normalized spacial score (nSPS) is 16.9. The highest BCUT2D eigenvalue weighted by Crippen LogP contribution is 2.21. The zero-order chi connectivity index (χ0) is 17.9. The van der Waals surface area contributed by atoms with Gasteiger partial charge in [-0.1, -0.05) is 18.2 Å². The van der Waals surface area contributed by atoms with Crippen LogP contribution in [0.4, 0.5) is 0 Å². The van der Waals surface area contributed by atoms with Crippen LogP contribution in [0.2, 0.25) is 0 Å². The van der Waals surface area contributed by atoms with Gasteiger partial charge in [0.1, 0.15) is 12.4 Å². The van der Waals surface area contributed by atoms with Crippen molar-refractivity contribution in [3.8, 4) is 5.75 Å². The fourth-order valence-electron chi connectivity index (χ4n) is 2.74. The molecule has 2 N–H and O–H groups in total. The highest BCUT2D eigenvalue weighted by Gasteiger charge is 2.15. The van der Waals surface area contributed by atoms with E-state index in [0.717, 1.165) is 62.0 Å². The summed E-state index contributed by atoms with van der Waals surface area (Å²) in [6.07, 6.45) is 2.23. The van der Waals surface area contributed by atoms with E-state index in [-0.39, 0.29) is 30.1 Å². The van der Waals surface area contributed by atoms with Gasteiger partial charge in [0.25, 0.3) is 0 Å². The lowest BCUT2D eigenvalue weighted by atomic mass is 10.1. The molecule has 0 bridgehead atoms. The van der Waals surface area contributed by atoms with Crippen molar-refractivity contribution in [3.63, 3.8) is 0 Å². The van der Waals surface area contributed by atoms with Crippen LogP contribution >= 0.6 is 24.0 Å². The Balaban J connectivity index is 0.00000338. The van der Waals surface area contributed by atoms with E-state index < -0.39 is 0 Å². The van der Waals surface area contributed by atoms with Crippen molar-refractivity contribution in [2.45, 2.75) is 32.8 Å². The van der Waals surface area contributed by atoms with Crippen LogP contribution in [0.5, 0.6) is 5.75 Å². The van der Waals surface area contributed by atoms with Gasteiger partial charge in [0.05, 0.1) is 19.3 Å². The Labute approximate surface area is 174 Å². The van der Waals surface area contributed by atoms with Crippen LogP contribution < -0.4 is 15.4 Å². The molecule has 6 nitrogen and oxygen atoms in total. The molecule has 0 aromatic heterocycles. The molecular weight excluding hydrogens is 445 g/mol. The Morgan fingerprint density at radius 3 is 2.58 bits per heavy atom. The first kappa shape index (κ1) is 23.0. The Morgan fingerprint density at radius 1 is 1.19 bits per heavy atom. The van der Waals surface area contributed by atoms with Crippen LogP contribution in [-0.4, -0.2) is 58.6 Å². The van der Waals surface area contributed by atoms with Crippen LogP contribution in [-0.2, 0) is 9.47 Å². The molecule has 1 aromatic carbocycles. The van der Waals surface area contributed by atoms with Crippen LogP contribution in [0.1, 0.15) is 24.0 Å². The summed E-state index contributed by atoms with van der Waals surface area (Å²) in [5, 5.41) is 6.55. The Hall–Kier alpha value is -1.06. The lowest BCUT2D eigenvalue weighted by molar-refractivity contribution is 0.0420. The minimum absolute atomic E-state index is 0. The van der Waals surface area contributed by atoms with E-state index in [2.05, 4.69) is 41.6 Å². The van der Waals surface area contributed by atoms with Gasteiger partial charge in [-0.3, -0.25) is 4.99 Å². The first-order chi connectivity index (χ1) is 12.2. The lowest BCUT2D eigenvalue weighted by Gasteiger charge is -2.15. The number of benzene rings is 1. The molecule has 1 aliphatic heterocycles. The third-order valence-electron chi connectivity index (χ3n) is 4.13. The van der Waals surface area contributed by atoms with Gasteiger partial charge in [0.15, 0.2) is 5.96 Å². The van der Waals surface area contributed by atoms with Crippen molar-refractivity contribution in [2.75, 3.05) is 46.6 Å². The van der Waals surface area contributed by atoms with Crippen molar-refractivity contribution in [1.29, 1.82) is 0 Å². The van der Waals surface area contributed by atoms with E-state index in [1.807, 2.05) is 6.07 Å². The first-order valence-corrected chi connectivity index (χ1v) is 9.03. The summed E-state index contributed by atoms with van der Waals surface area (Å²) >= 11 is 0. The average molecular weight is 477 g/mol. The monoisotopic (exact) mass is 477 g/mol. The van der Waals surface area contributed by atoms with Crippen LogP contribution in [0, 0.1) is 13.8 Å². The zero-order valence-corrected chi connectivity index (χ0v) is 18.4. The minimum atomic E-state index is 0. The third-order valence-corrected chi connectivity index (χ3v) is 4.13. The van der Waals surface area contributed by atoms with Gasteiger partial charge in [-0.25, -0.2) is 0 Å². The van der Waals surface area contributed by atoms with Crippen molar-refractivity contribution in [3.05, 3.63) is 29.3 Å². The molecule has 2 rings (SSSR count). The molecule has 1 aliphatic rings. The number of guanidine groups is 1. The van der Waals surface area contributed by atoms with Gasteiger partial charge in [-0.05, 0) is 37.8 Å². The maximum Gasteiger partial charge on any atom is 0.191 e. The van der Waals surface area contributed by atoms with E-state index in [1.54, 1.807) is 7.05 Å². The highest BCUT2D eigenvalue weighted by atomic mass is 127. The maximum atomic E-state index is 5.89. The fraction of sp³-hybridized carbons (Fsp3) is 0.632. The van der Waals surface area contributed by atoms with Gasteiger partial charge >= 0.3 is 0 Å². The minimum Gasteiger partial charge on any atom is -0.491 e. The smallest absolute Gasteiger partial charge is 0.191 e. The summed E-state index contributed by atoms with van der Waals surface area (Å²) in [5.74, 6) is 1.76. The number of ether oxygens (including phenoxy) is 3. The van der Waals surface area contributed by atoms with E-state index in [4.69, 9.17) is 14.2 Å². The van der Waals surface area contributed by atoms with E-state index in [1.165, 1.54) is 0 Å². The van der Waals surface area contributed by atoms with Gasteiger partial charge < -0.3 is 24.8 Å². The quantitative estimate of drug-likeness (QED) is 0.248. The number of nitrogens with zero attached hydrogens (tertiary/aromatic N) is 1. The first-order valence-electron chi connectivity index (χ1n) is 9.03. The van der Waals surface area contributed by atoms with Crippen LogP contribution in [0.3, 0.4) is 0 Å². The summed E-state index contributed by atoms with van der Waals surface area (Å²) in [7, 11) is 1.77. The predicted octanol–water partition coefficient (Wildman–Crippen LogP) is 2.66. The molecule has 1 unspecified atom stereocenters. The van der Waals surface area contributed by atoms with Crippen molar-refractivity contribution in [2.24, 2.45) is 4.99 Å².